The van der Waals surface area contributed by atoms with Crippen molar-refractivity contribution in [2.24, 2.45) is 4.99 Å². The van der Waals surface area contributed by atoms with Crippen molar-refractivity contribution in [1.29, 1.82) is 0 Å². The molecule has 1 aliphatic heterocycles. The number of para-hydroxylation sites is 1. The minimum Gasteiger partial charge on any atom is -0.490 e. The Balaban J connectivity index is 0.00000341. The minimum atomic E-state index is -2.92. The Morgan fingerprint density at radius 3 is 2.87 bits per heavy atom. The first-order valence-corrected chi connectivity index (χ1v) is 10.9. The van der Waals surface area contributed by atoms with Crippen LogP contribution in [0.4, 0.5) is 8.78 Å². The van der Waals surface area contributed by atoms with Crippen LogP contribution in [0.15, 0.2) is 34.6 Å². The smallest absolute Gasteiger partial charge is 0.387 e. The van der Waals surface area contributed by atoms with Gasteiger partial charge in [0.2, 0.25) is 0 Å². The molecule has 0 saturated carbocycles. The zero-order chi connectivity index (χ0) is 21.3. The van der Waals surface area contributed by atoms with Crippen LogP contribution in [0, 0.1) is 0 Å². The second-order valence-corrected chi connectivity index (χ2v) is 7.80. The number of hydrogen-bond donors (Lipinski definition) is 2. The number of benzene rings is 1. The number of ether oxygens (including phenoxy) is 2. The van der Waals surface area contributed by atoms with Crippen LogP contribution in [0.1, 0.15) is 22.9 Å². The van der Waals surface area contributed by atoms with Gasteiger partial charge in [-0.1, -0.05) is 12.1 Å². The van der Waals surface area contributed by atoms with E-state index in [1.807, 2.05) is 11.3 Å². The molecule has 10 heteroatoms. The number of aliphatic imine (C=N–C) groups is 1. The lowest BCUT2D eigenvalue weighted by atomic mass is 10.1. The Kier molecular flexibility index (Phi) is 10.7. The molecule has 0 spiro atoms. The highest BCUT2D eigenvalue weighted by Crippen LogP contribution is 2.32. The lowest BCUT2D eigenvalue weighted by Gasteiger charge is -2.27. The van der Waals surface area contributed by atoms with Gasteiger partial charge in [0.05, 0.1) is 6.61 Å². The molecule has 0 bridgehead atoms. The first kappa shape index (κ1) is 25.6. The van der Waals surface area contributed by atoms with E-state index in [0.717, 1.165) is 32.6 Å². The van der Waals surface area contributed by atoms with Crippen LogP contribution in [0.3, 0.4) is 0 Å². The third-order valence-electron chi connectivity index (χ3n) is 4.84. The summed E-state index contributed by atoms with van der Waals surface area (Å²) in [7, 11) is 1.68. The second-order valence-electron chi connectivity index (χ2n) is 6.80. The lowest BCUT2D eigenvalue weighted by molar-refractivity contribution is -0.0520. The Morgan fingerprint density at radius 1 is 1.29 bits per heavy atom. The number of fused-ring (bicyclic) bond motifs is 1. The fraction of sp³-hybridized carbons (Fsp3) is 0.476. The second kappa shape index (κ2) is 13.0. The molecule has 0 saturated heterocycles. The maximum atomic E-state index is 12.9. The average Bonchev–Trinajstić information content (AvgIpc) is 3.20. The third-order valence-corrected chi connectivity index (χ3v) is 5.87. The van der Waals surface area contributed by atoms with Crippen molar-refractivity contribution in [2.75, 3.05) is 33.3 Å². The number of guanidine groups is 1. The van der Waals surface area contributed by atoms with Gasteiger partial charge >= 0.3 is 6.61 Å². The molecule has 0 fully saturated rings. The van der Waals surface area contributed by atoms with E-state index < -0.39 is 6.61 Å². The number of nitrogens with one attached hydrogen (secondary N) is 2. The van der Waals surface area contributed by atoms with Gasteiger partial charge in [0.25, 0.3) is 0 Å². The SMILES string of the molecule is CCOc1cccc(CNC(=NC)NCCN2CCc3sccc3C2)c1OC(F)F.I. The number of hydrogen-bond acceptors (Lipinski definition) is 5. The van der Waals surface area contributed by atoms with Gasteiger partial charge in [0.15, 0.2) is 17.5 Å². The van der Waals surface area contributed by atoms with E-state index in [9.17, 15) is 8.78 Å². The molecule has 0 amide bonds. The van der Waals surface area contributed by atoms with Crippen molar-refractivity contribution in [3.8, 4) is 11.5 Å². The molecule has 0 atom stereocenters. The van der Waals surface area contributed by atoms with E-state index in [1.54, 1.807) is 32.2 Å². The molecular formula is C21H29F2IN4O2S. The summed E-state index contributed by atoms with van der Waals surface area (Å²) >= 11 is 1.84. The summed E-state index contributed by atoms with van der Waals surface area (Å²) in [4.78, 5) is 8.13. The van der Waals surface area contributed by atoms with E-state index in [0.29, 0.717) is 23.9 Å². The van der Waals surface area contributed by atoms with Gasteiger partial charge in [0.1, 0.15) is 0 Å². The predicted octanol–water partition coefficient (Wildman–Crippen LogP) is 4.09. The molecule has 0 radical (unpaired) electrons. The number of halogens is 3. The van der Waals surface area contributed by atoms with E-state index in [2.05, 4.69) is 32.0 Å². The van der Waals surface area contributed by atoms with Gasteiger partial charge in [-0.25, -0.2) is 0 Å². The molecule has 1 aliphatic rings. The summed E-state index contributed by atoms with van der Waals surface area (Å²) < 4.78 is 35.9. The fourth-order valence-electron chi connectivity index (χ4n) is 3.42. The summed E-state index contributed by atoms with van der Waals surface area (Å²) in [5.41, 5.74) is 2.00. The predicted molar refractivity (Wildman–Crippen MR) is 131 cm³/mol. The van der Waals surface area contributed by atoms with Crippen LogP contribution in [-0.4, -0.2) is 50.8 Å². The molecule has 172 valence electrons. The Labute approximate surface area is 203 Å². The lowest BCUT2D eigenvalue weighted by Crippen LogP contribution is -2.42. The first-order valence-electron chi connectivity index (χ1n) is 10.0. The van der Waals surface area contributed by atoms with E-state index in [-0.39, 0.29) is 36.3 Å². The van der Waals surface area contributed by atoms with Crippen molar-refractivity contribution in [1.82, 2.24) is 15.5 Å². The average molecular weight is 566 g/mol. The summed E-state index contributed by atoms with van der Waals surface area (Å²) in [6.07, 6.45) is 1.10. The quantitative estimate of drug-likeness (QED) is 0.272. The summed E-state index contributed by atoms with van der Waals surface area (Å²) in [5.74, 6) is 0.961. The molecule has 2 aromatic rings. The van der Waals surface area contributed by atoms with E-state index >= 15 is 0 Å². The molecule has 2 N–H and O–H groups in total. The summed E-state index contributed by atoms with van der Waals surface area (Å²) in [5, 5.41) is 8.60. The fourth-order valence-corrected chi connectivity index (χ4v) is 4.31. The molecule has 3 rings (SSSR count). The molecule has 31 heavy (non-hydrogen) atoms. The topological polar surface area (TPSA) is 58.1 Å². The number of alkyl halides is 2. The van der Waals surface area contributed by atoms with Gasteiger partial charge < -0.3 is 20.1 Å². The number of nitrogens with zero attached hydrogens (tertiary/aromatic N) is 2. The van der Waals surface area contributed by atoms with Gasteiger partial charge in [-0.3, -0.25) is 9.89 Å². The normalized spacial score (nSPS) is 14.0. The molecule has 2 heterocycles. The van der Waals surface area contributed by atoms with Crippen LogP contribution >= 0.6 is 35.3 Å². The molecule has 0 unspecified atom stereocenters. The van der Waals surface area contributed by atoms with Crippen LogP contribution < -0.4 is 20.1 Å². The molecule has 1 aromatic heterocycles. The summed E-state index contributed by atoms with van der Waals surface area (Å²) in [6, 6.07) is 7.31. The Bertz CT molecular complexity index is 851. The van der Waals surface area contributed by atoms with Crippen LogP contribution in [0.5, 0.6) is 11.5 Å². The highest BCUT2D eigenvalue weighted by molar-refractivity contribution is 14.0. The van der Waals surface area contributed by atoms with Crippen molar-refractivity contribution in [3.63, 3.8) is 0 Å². The van der Waals surface area contributed by atoms with Crippen molar-refractivity contribution < 1.29 is 18.3 Å². The standard InChI is InChI=1S/C21H28F2N4O2S.HI/c1-3-28-17-6-4-5-15(19(17)29-20(22)23)13-26-21(24-2)25-9-11-27-10-7-18-16(14-27)8-12-30-18;/h4-6,8,12,20H,3,7,9-11,13-14H2,1-2H3,(H2,24,25,26);1H. The van der Waals surface area contributed by atoms with Crippen LogP contribution in [0.25, 0.3) is 0 Å². The van der Waals surface area contributed by atoms with E-state index in [4.69, 9.17) is 9.47 Å². The minimum absolute atomic E-state index is 0. The zero-order valence-corrected chi connectivity index (χ0v) is 20.8. The Morgan fingerprint density at radius 2 is 2.13 bits per heavy atom. The maximum absolute atomic E-state index is 12.9. The molecule has 1 aromatic carbocycles. The van der Waals surface area contributed by atoms with Gasteiger partial charge in [-0.2, -0.15) is 8.78 Å². The number of thiophene rings is 1. The molecular weight excluding hydrogens is 537 g/mol. The van der Waals surface area contributed by atoms with Crippen molar-refractivity contribution in [2.45, 2.75) is 33.0 Å². The molecule has 6 nitrogen and oxygen atoms in total. The number of rotatable bonds is 9. The van der Waals surface area contributed by atoms with Crippen LogP contribution in [-0.2, 0) is 19.5 Å². The van der Waals surface area contributed by atoms with E-state index in [1.165, 1.54) is 10.4 Å². The Hall–Kier alpha value is -1.66. The van der Waals surface area contributed by atoms with Crippen molar-refractivity contribution in [3.05, 3.63) is 45.6 Å². The maximum Gasteiger partial charge on any atom is 0.387 e. The van der Waals surface area contributed by atoms with Crippen molar-refractivity contribution >= 4 is 41.3 Å². The monoisotopic (exact) mass is 566 g/mol. The highest BCUT2D eigenvalue weighted by Gasteiger charge is 2.17. The highest BCUT2D eigenvalue weighted by atomic mass is 127. The first-order chi connectivity index (χ1) is 14.6. The zero-order valence-electron chi connectivity index (χ0n) is 17.7. The molecule has 0 aliphatic carbocycles. The van der Waals surface area contributed by atoms with Gasteiger partial charge in [0, 0.05) is 50.2 Å². The van der Waals surface area contributed by atoms with Gasteiger partial charge in [-0.15, -0.1) is 35.3 Å². The van der Waals surface area contributed by atoms with Gasteiger partial charge in [-0.05, 0) is 36.4 Å². The largest absolute Gasteiger partial charge is 0.490 e. The van der Waals surface area contributed by atoms with Crippen LogP contribution in [0.2, 0.25) is 0 Å². The third kappa shape index (κ3) is 7.46. The summed E-state index contributed by atoms with van der Waals surface area (Å²) in [6.45, 7) is 3.19.